The fourth-order valence-corrected chi connectivity index (χ4v) is 8.40. The monoisotopic (exact) mass is 172 g/mol. The lowest BCUT2D eigenvalue weighted by molar-refractivity contribution is -0.248. The van der Waals surface area contributed by atoms with Crippen molar-refractivity contribution in [3.8, 4) is 0 Å². The molecule has 11 saturated carbocycles. The van der Waals surface area contributed by atoms with Gasteiger partial charge in [0.1, 0.15) is 0 Å². The van der Waals surface area contributed by atoms with Gasteiger partial charge < -0.3 is 0 Å². The second-order valence-corrected chi connectivity index (χ2v) is 7.53. The quantitative estimate of drug-likeness (QED) is 0.527. The summed E-state index contributed by atoms with van der Waals surface area (Å²) in [4.78, 5) is 0. The Morgan fingerprint density at radius 2 is 1.92 bits per heavy atom. The molecule has 7 atom stereocenters. The molecule has 0 aliphatic heterocycles. The zero-order valence-corrected chi connectivity index (χ0v) is 8.05. The summed E-state index contributed by atoms with van der Waals surface area (Å²) in [7, 11) is 0. The molecule has 13 heavy (non-hydrogen) atoms. The summed E-state index contributed by atoms with van der Waals surface area (Å²) in [6.45, 7) is 0. The first-order valence-electron chi connectivity index (χ1n) is 6.29. The molecule has 0 nitrogen and oxygen atoms in total. The molecule has 7 unspecified atom stereocenters. The van der Waals surface area contributed by atoms with Crippen molar-refractivity contribution in [1.29, 1.82) is 0 Å². The second kappa shape index (κ2) is 1.12. The third-order valence-corrected chi connectivity index (χ3v) is 7.86. The molecular formula is C13H16. The van der Waals surface area contributed by atoms with Crippen LogP contribution in [-0.4, -0.2) is 0 Å². The molecule has 0 radical (unpaired) electrons. The lowest BCUT2D eigenvalue weighted by Crippen LogP contribution is -2.66. The van der Waals surface area contributed by atoms with Gasteiger partial charge in [-0.25, -0.2) is 0 Å². The predicted octanol–water partition coefficient (Wildman–Crippen LogP) is 2.83. The molecule has 0 heterocycles. The molecule has 11 aliphatic rings. The number of hydrogen-bond donors (Lipinski definition) is 0. The summed E-state index contributed by atoms with van der Waals surface area (Å²) in [5, 5.41) is 0. The topological polar surface area (TPSA) is 0 Å². The highest BCUT2D eigenvalue weighted by Gasteiger charge is 2.91. The maximum atomic E-state index is 1.71. The number of rotatable bonds is 0. The van der Waals surface area contributed by atoms with Crippen LogP contribution in [0.2, 0.25) is 0 Å². The molecule has 11 aliphatic carbocycles. The first-order valence-corrected chi connectivity index (χ1v) is 6.29. The van der Waals surface area contributed by atoms with Gasteiger partial charge in [0.2, 0.25) is 0 Å². The SMILES string of the molecule is C1C2CC34CC5C6CC3(CC15C4)C26. The lowest BCUT2D eigenvalue weighted by Gasteiger charge is -2.73. The van der Waals surface area contributed by atoms with Gasteiger partial charge in [0.15, 0.2) is 0 Å². The minimum atomic E-state index is 0.958. The van der Waals surface area contributed by atoms with E-state index in [-0.39, 0.29) is 0 Å². The van der Waals surface area contributed by atoms with E-state index in [9.17, 15) is 0 Å². The van der Waals surface area contributed by atoms with Crippen LogP contribution < -0.4 is 0 Å². The summed E-state index contributed by atoms with van der Waals surface area (Å²) in [5.41, 5.74) is 2.90. The Morgan fingerprint density at radius 1 is 0.923 bits per heavy atom. The maximum absolute atomic E-state index is 1.71. The van der Waals surface area contributed by atoms with Crippen molar-refractivity contribution in [2.75, 3.05) is 0 Å². The Balaban J connectivity index is 1.87. The van der Waals surface area contributed by atoms with Crippen molar-refractivity contribution in [2.45, 2.75) is 38.5 Å². The van der Waals surface area contributed by atoms with E-state index in [0.717, 1.165) is 16.2 Å². The van der Waals surface area contributed by atoms with Gasteiger partial charge in [-0.2, -0.15) is 0 Å². The highest BCUT2D eigenvalue weighted by atomic mass is 14.9. The van der Waals surface area contributed by atoms with Gasteiger partial charge in [-0.15, -0.1) is 0 Å². The highest BCUT2D eigenvalue weighted by molar-refractivity contribution is 5.39. The van der Waals surface area contributed by atoms with Crippen LogP contribution in [0.15, 0.2) is 0 Å². The van der Waals surface area contributed by atoms with E-state index in [1.165, 1.54) is 23.7 Å². The van der Waals surface area contributed by atoms with Crippen LogP contribution in [-0.2, 0) is 0 Å². The maximum Gasteiger partial charge on any atom is -0.0199 e. The zero-order valence-electron chi connectivity index (χ0n) is 8.05. The van der Waals surface area contributed by atoms with Gasteiger partial charge in [-0.1, -0.05) is 0 Å². The van der Waals surface area contributed by atoms with Crippen molar-refractivity contribution in [3.63, 3.8) is 0 Å². The summed E-state index contributed by atoms with van der Waals surface area (Å²) in [6, 6.07) is 0. The minimum Gasteiger partial charge on any atom is -0.0441 e. The molecule has 7 bridgehead atoms. The van der Waals surface area contributed by atoms with Gasteiger partial charge >= 0.3 is 0 Å². The fraction of sp³-hybridized carbons (Fsp3) is 1.00. The highest BCUT2D eigenvalue weighted by Crippen LogP contribution is 2.98. The molecule has 68 valence electrons. The standard InChI is InChI=1S/C13H16/c1-7-2-12-4-9-8-3-13(12,10(7)8)6-11(1,9)5-12/h7-10H,1-6H2. The van der Waals surface area contributed by atoms with E-state index >= 15 is 0 Å². The van der Waals surface area contributed by atoms with Crippen molar-refractivity contribution < 1.29 is 0 Å². The summed E-state index contributed by atoms with van der Waals surface area (Å²) in [5.74, 6) is 5.01. The fourth-order valence-electron chi connectivity index (χ4n) is 8.40. The van der Waals surface area contributed by atoms with E-state index < -0.39 is 0 Å². The minimum absolute atomic E-state index is 0.958. The van der Waals surface area contributed by atoms with Gasteiger partial charge in [0, 0.05) is 0 Å². The molecule has 0 amide bonds. The van der Waals surface area contributed by atoms with E-state index in [0.29, 0.717) is 0 Å². The van der Waals surface area contributed by atoms with Crippen molar-refractivity contribution in [3.05, 3.63) is 0 Å². The van der Waals surface area contributed by atoms with Crippen LogP contribution in [0.25, 0.3) is 0 Å². The largest absolute Gasteiger partial charge is 0.0441 e. The Labute approximate surface area is 79.1 Å². The lowest BCUT2D eigenvalue weighted by atomic mass is 9.31. The van der Waals surface area contributed by atoms with Crippen LogP contribution >= 0.6 is 0 Å². The first kappa shape index (κ1) is 5.78. The third kappa shape index (κ3) is 0.284. The molecule has 0 saturated heterocycles. The summed E-state index contributed by atoms with van der Waals surface area (Å²) >= 11 is 0. The summed E-state index contributed by atoms with van der Waals surface area (Å²) in [6.07, 6.45) is 10.2. The van der Waals surface area contributed by atoms with Crippen LogP contribution in [0.4, 0.5) is 0 Å². The first-order chi connectivity index (χ1) is 6.29. The molecule has 11 fully saturated rings. The summed E-state index contributed by atoms with van der Waals surface area (Å²) < 4.78 is 0. The van der Waals surface area contributed by atoms with E-state index in [1.807, 2.05) is 0 Å². The van der Waals surface area contributed by atoms with Crippen LogP contribution in [0.5, 0.6) is 0 Å². The van der Waals surface area contributed by atoms with Crippen LogP contribution in [0, 0.1) is 39.9 Å². The Bertz CT molecular complexity index is 356. The van der Waals surface area contributed by atoms with E-state index in [1.54, 1.807) is 38.5 Å². The van der Waals surface area contributed by atoms with Crippen LogP contribution in [0.3, 0.4) is 0 Å². The molecule has 0 heteroatoms. The molecule has 11 rings (SSSR count). The van der Waals surface area contributed by atoms with Gasteiger partial charge in [-0.05, 0) is 78.4 Å². The van der Waals surface area contributed by atoms with E-state index in [2.05, 4.69) is 0 Å². The Kier molecular flexibility index (Phi) is 0.498. The van der Waals surface area contributed by atoms with Crippen molar-refractivity contribution in [1.82, 2.24) is 0 Å². The normalized spacial score (nSPS) is 88.6. The number of hydrogen-bond acceptors (Lipinski definition) is 0. The molecule has 0 aromatic carbocycles. The van der Waals surface area contributed by atoms with Gasteiger partial charge in [0.25, 0.3) is 0 Å². The van der Waals surface area contributed by atoms with Crippen LogP contribution in [0.1, 0.15) is 38.5 Å². The molecule has 0 aromatic heterocycles. The molecule has 3 spiro atoms. The Morgan fingerprint density at radius 3 is 2.69 bits per heavy atom. The zero-order chi connectivity index (χ0) is 8.05. The smallest absolute Gasteiger partial charge is 0.0199 e. The van der Waals surface area contributed by atoms with Gasteiger partial charge in [0.05, 0.1) is 0 Å². The average molecular weight is 172 g/mol. The molecule has 0 N–H and O–H groups in total. The molecular weight excluding hydrogens is 156 g/mol. The Hall–Kier alpha value is 0. The van der Waals surface area contributed by atoms with E-state index in [4.69, 9.17) is 0 Å². The van der Waals surface area contributed by atoms with Gasteiger partial charge in [-0.3, -0.25) is 0 Å². The average Bonchev–Trinajstić information content (AvgIpc) is 2.37. The predicted molar refractivity (Wildman–Crippen MR) is 49.0 cm³/mol. The van der Waals surface area contributed by atoms with Crippen molar-refractivity contribution in [2.24, 2.45) is 39.9 Å². The second-order valence-electron chi connectivity index (χ2n) is 7.53. The van der Waals surface area contributed by atoms with Crippen molar-refractivity contribution >= 4 is 0 Å². The molecule has 0 aromatic rings. The third-order valence-electron chi connectivity index (χ3n) is 7.86.